The smallest absolute Gasteiger partial charge is 0.253 e. The fraction of sp³-hybridized carbons (Fsp3) is 0.150. The quantitative estimate of drug-likeness (QED) is 0.728. The number of halogens is 1. The monoisotopic (exact) mass is 367 g/mol. The van der Waals surface area contributed by atoms with E-state index in [1.165, 1.54) is 17.0 Å². The van der Waals surface area contributed by atoms with E-state index in [9.17, 15) is 9.59 Å². The Morgan fingerprint density at radius 2 is 1.81 bits per heavy atom. The van der Waals surface area contributed by atoms with Crippen molar-refractivity contribution in [1.82, 2.24) is 14.9 Å². The molecular weight excluding hydrogens is 350 g/mol. The van der Waals surface area contributed by atoms with Crippen molar-refractivity contribution in [2.45, 2.75) is 13.0 Å². The maximum absolute atomic E-state index is 12.2. The van der Waals surface area contributed by atoms with Crippen molar-refractivity contribution in [3.05, 3.63) is 87.9 Å². The minimum Gasteiger partial charge on any atom is -0.354 e. The van der Waals surface area contributed by atoms with Crippen LogP contribution >= 0.6 is 11.6 Å². The van der Waals surface area contributed by atoms with Crippen LogP contribution in [0.25, 0.3) is 11.3 Å². The topological polar surface area (TPSA) is 64.0 Å². The first-order valence-corrected chi connectivity index (χ1v) is 8.63. The van der Waals surface area contributed by atoms with Crippen molar-refractivity contribution in [2.24, 2.45) is 0 Å². The minimum absolute atomic E-state index is 0.103. The molecule has 3 rings (SSSR count). The Morgan fingerprint density at radius 1 is 1.08 bits per heavy atom. The number of carbonyl (C=O) groups excluding carboxylic acids is 1. The molecule has 1 N–H and O–H groups in total. The van der Waals surface area contributed by atoms with E-state index in [1.807, 2.05) is 42.5 Å². The Morgan fingerprint density at radius 3 is 2.50 bits per heavy atom. The zero-order valence-electron chi connectivity index (χ0n) is 14.1. The maximum Gasteiger partial charge on any atom is 0.253 e. The standard InChI is InChI=1S/C20H18ClN3O2/c21-17-8-6-15(7-9-17)12-19(25)22-10-11-24-14-23-18(13-20(24)26)16-4-2-1-3-5-16/h1-9,13-14H,10-12H2,(H,22,25). The summed E-state index contributed by atoms with van der Waals surface area (Å²) in [6.07, 6.45) is 1.79. The molecule has 132 valence electrons. The third-order valence-electron chi connectivity index (χ3n) is 3.90. The van der Waals surface area contributed by atoms with E-state index in [0.717, 1.165) is 11.1 Å². The first-order valence-electron chi connectivity index (χ1n) is 8.25. The molecule has 0 aliphatic heterocycles. The number of rotatable bonds is 6. The number of hydrogen-bond donors (Lipinski definition) is 1. The molecule has 6 heteroatoms. The van der Waals surface area contributed by atoms with Crippen molar-refractivity contribution in [2.75, 3.05) is 6.54 Å². The Bertz CT molecular complexity index is 937. The third kappa shape index (κ3) is 4.80. The van der Waals surface area contributed by atoms with E-state index in [2.05, 4.69) is 10.3 Å². The summed E-state index contributed by atoms with van der Waals surface area (Å²) < 4.78 is 1.48. The predicted molar refractivity (Wildman–Crippen MR) is 102 cm³/mol. The summed E-state index contributed by atoms with van der Waals surface area (Å²) in [5, 5.41) is 3.45. The molecule has 3 aromatic rings. The number of nitrogens with zero attached hydrogens (tertiary/aromatic N) is 2. The fourth-order valence-corrected chi connectivity index (χ4v) is 2.65. The molecule has 0 atom stereocenters. The van der Waals surface area contributed by atoms with E-state index in [4.69, 9.17) is 11.6 Å². The van der Waals surface area contributed by atoms with Crippen LogP contribution in [0.15, 0.2) is 71.8 Å². The van der Waals surface area contributed by atoms with Crippen LogP contribution in [0.4, 0.5) is 0 Å². The molecule has 0 saturated carbocycles. The SMILES string of the molecule is O=C(Cc1ccc(Cl)cc1)NCCn1cnc(-c2ccccc2)cc1=O. The van der Waals surface area contributed by atoms with Gasteiger partial charge in [-0.25, -0.2) is 4.98 Å². The molecule has 0 spiro atoms. The molecule has 1 amide bonds. The first kappa shape index (κ1) is 17.9. The summed E-state index contributed by atoms with van der Waals surface area (Å²) in [5.74, 6) is -0.103. The van der Waals surface area contributed by atoms with E-state index in [1.54, 1.807) is 12.1 Å². The van der Waals surface area contributed by atoms with Crippen LogP contribution in [-0.2, 0) is 17.8 Å². The first-order chi connectivity index (χ1) is 12.6. The van der Waals surface area contributed by atoms with E-state index >= 15 is 0 Å². The summed E-state index contributed by atoms with van der Waals surface area (Å²) in [5.41, 5.74) is 2.27. The second-order valence-corrected chi connectivity index (χ2v) is 6.26. The Kier molecular flexibility index (Phi) is 5.81. The Labute approximate surface area is 156 Å². The summed E-state index contributed by atoms with van der Waals surface area (Å²) in [6, 6.07) is 18.2. The minimum atomic E-state index is -0.147. The lowest BCUT2D eigenvalue weighted by Gasteiger charge is -2.08. The molecule has 26 heavy (non-hydrogen) atoms. The van der Waals surface area contributed by atoms with E-state index in [0.29, 0.717) is 23.8 Å². The van der Waals surface area contributed by atoms with Crippen molar-refractivity contribution in [3.8, 4) is 11.3 Å². The molecule has 0 radical (unpaired) electrons. The summed E-state index contributed by atoms with van der Waals surface area (Å²) in [4.78, 5) is 28.5. The zero-order valence-corrected chi connectivity index (χ0v) is 14.8. The number of benzene rings is 2. The predicted octanol–water partition coefficient (Wildman–Crippen LogP) is 2.92. The van der Waals surface area contributed by atoms with Gasteiger partial charge in [-0.15, -0.1) is 0 Å². The Balaban J connectivity index is 1.54. The molecule has 1 heterocycles. The largest absolute Gasteiger partial charge is 0.354 e. The van der Waals surface area contributed by atoms with Crippen LogP contribution in [0.2, 0.25) is 5.02 Å². The van der Waals surface area contributed by atoms with Gasteiger partial charge >= 0.3 is 0 Å². The van der Waals surface area contributed by atoms with Gasteiger partial charge in [0.2, 0.25) is 5.91 Å². The zero-order chi connectivity index (χ0) is 18.4. The highest BCUT2D eigenvalue weighted by Crippen LogP contribution is 2.13. The van der Waals surface area contributed by atoms with Crippen molar-refractivity contribution in [1.29, 1.82) is 0 Å². The second-order valence-electron chi connectivity index (χ2n) is 5.83. The molecule has 0 fully saturated rings. The highest BCUT2D eigenvalue weighted by atomic mass is 35.5. The van der Waals surface area contributed by atoms with Crippen LogP contribution in [-0.4, -0.2) is 22.0 Å². The van der Waals surface area contributed by atoms with Crippen LogP contribution < -0.4 is 10.9 Å². The molecule has 5 nitrogen and oxygen atoms in total. The maximum atomic E-state index is 12.2. The second kappa shape index (κ2) is 8.45. The van der Waals surface area contributed by atoms with Crippen LogP contribution in [0.1, 0.15) is 5.56 Å². The van der Waals surface area contributed by atoms with Gasteiger partial charge in [-0.3, -0.25) is 14.2 Å². The molecule has 1 aromatic heterocycles. The van der Waals surface area contributed by atoms with Gasteiger partial charge in [-0.1, -0.05) is 54.1 Å². The Hall–Kier alpha value is -2.92. The van der Waals surface area contributed by atoms with Crippen molar-refractivity contribution < 1.29 is 4.79 Å². The van der Waals surface area contributed by atoms with Gasteiger partial charge in [0, 0.05) is 29.7 Å². The summed E-state index contributed by atoms with van der Waals surface area (Å²) >= 11 is 5.83. The van der Waals surface area contributed by atoms with Gasteiger partial charge in [0.05, 0.1) is 18.4 Å². The molecule has 0 bridgehead atoms. The van der Waals surface area contributed by atoms with Gasteiger partial charge < -0.3 is 5.32 Å². The van der Waals surface area contributed by atoms with E-state index in [-0.39, 0.29) is 17.9 Å². The number of hydrogen-bond acceptors (Lipinski definition) is 3. The van der Waals surface area contributed by atoms with Gasteiger partial charge in [0.15, 0.2) is 0 Å². The molecule has 0 aliphatic carbocycles. The van der Waals surface area contributed by atoms with Gasteiger partial charge in [-0.2, -0.15) is 0 Å². The third-order valence-corrected chi connectivity index (χ3v) is 4.15. The van der Waals surface area contributed by atoms with Gasteiger partial charge in [0.1, 0.15) is 0 Å². The highest BCUT2D eigenvalue weighted by molar-refractivity contribution is 6.30. The fourth-order valence-electron chi connectivity index (χ4n) is 2.53. The lowest BCUT2D eigenvalue weighted by Crippen LogP contribution is -2.31. The van der Waals surface area contributed by atoms with Gasteiger partial charge in [-0.05, 0) is 17.7 Å². The van der Waals surface area contributed by atoms with Crippen LogP contribution in [0.5, 0.6) is 0 Å². The number of carbonyl (C=O) groups is 1. The lowest BCUT2D eigenvalue weighted by atomic mass is 10.1. The van der Waals surface area contributed by atoms with Crippen molar-refractivity contribution in [3.63, 3.8) is 0 Å². The van der Waals surface area contributed by atoms with Crippen LogP contribution in [0.3, 0.4) is 0 Å². The summed E-state index contributed by atoms with van der Waals surface area (Å²) in [7, 11) is 0. The molecule has 0 unspecified atom stereocenters. The average Bonchev–Trinajstić information content (AvgIpc) is 2.65. The normalized spacial score (nSPS) is 10.5. The molecule has 2 aromatic carbocycles. The van der Waals surface area contributed by atoms with Crippen molar-refractivity contribution >= 4 is 17.5 Å². The highest BCUT2D eigenvalue weighted by Gasteiger charge is 2.05. The van der Waals surface area contributed by atoms with Gasteiger partial charge in [0.25, 0.3) is 5.56 Å². The molecule has 0 saturated heterocycles. The summed E-state index contributed by atoms with van der Waals surface area (Å²) in [6.45, 7) is 0.728. The van der Waals surface area contributed by atoms with E-state index < -0.39 is 0 Å². The molecule has 0 aliphatic rings. The number of amides is 1. The molecular formula is C20H18ClN3O2. The van der Waals surface area contributed by atoms with Crippen LogP contribution in [0, 0.1) is 0 Å². The lowest BCUT2D eigenvalue weighted by molar-refractivity contribution is -0.120. The average molecular weight is 368 g/mol. The number of aromatic nitrogens is 2. The number of nitrogens with one attached hydrogen (secondary N) is 1.